The number of carbonyl (C=O) groups excluding carboxylic acids is 1. The minimum atomic E-state index is -0.374. The third-order valence-corrected chi connectivity index (χ3v) is 12.9. The number of carbonyl (C=O) groups is 1. The fourth-order valence-corrected chi connectivity index (χ4v) is 8.75. The average molecular weight is 908 g/mol. The van der Waals surface area contributed by atoms with E-state index in [-0.39, 0.29) is 25.7 Å². The van der Waals surface area contributed by atoms with Gasteiger partial charge in [-0.05, 0) is 84.8 Å². The van der Waals surface area contributed by atoms with Crippen molar-refractivity contribution < 1.29 is 20.4 Å². The maximum atomic E-state index is 12.4. The Morgan fingerprint density at radius 1 is 0.531 bits per heavy atom. The quantitative estimate of drug-likeness (QED) is 0.0297. The number of unbranched alkanes of at least 4 members (excludes halogenated alkanes) is 25. The summed E-state index contributed by atoms with van der Waals surface area (Å²) in [6, 6.07) is 0. The Bertz CT molecular complexity index is 1210. The van der Waals surface area contributed by atoms with Gasteiger partial charge in [0, 0.05) is 34.1 Å². The number of nitrogens with one attached hydrogen (secondary N) is 1. The van der Waals surface area contributed by atoms with Crippen molar-refractivity contribution in [3.05, 3.63) is 20.4 Å². The van der Waals surface area contributed by atoms with Crippen molar-refractivity contribution in [1.29, 1.82) is 0 Å². The standard InChI is InChI=1S/C54H103N3O6.CH4.H2/c1-6-11-14-17-21-30-37-47-62-50(58)41-33-26-23-28-35-44-56(45-38-42-55-51-52(54(60)53(51)59)57(9-4)10-5)43-34-27-20-22-29-36-46-61-48-63-49(39-31-24-18-15-12-7-2)40-32-25-19-16-13-8-3;;/h49,55H,6-48H2,1-5H3;1H4;1H. The molecule has 1 aromatic rings. The zero-order valence-corrected chi connectivity index (χ0v) is 42.3. The summed E-state index contributed by atoms with van der Waals surface area (Å²) in [4.78, 5) is 41.4. The van der Waals surface area contributed by atoms with E-state index in [0.29, 0.717) is 43.8 Å². The van der Waals surface area contributed by atoms with E-state index in [4.69, 9.17) is 14.2 Å². The fourth-order valence-electron chi connectivity index (χ4n) is 8.75. The molecular weight excluding hydrogens is 799 g/mol. The highest BCUT2D eigenvalue weighted by molar-refractivity contribution is 5.75. The molecule has 1 aromatic carbocycles. The Hall–Kier alpha value is -1.97. The first-order chi connectivity index (χ1) is 30.9. The molecule has 0 aliphatic heterocycles. The van der Waals surface area contributed by atoms with Crippen molar-refractivity contribution in [3.63, 3.8) is 0 Å². The molecule has 0 spiro atoms. The second-order valence-corrected chi connectivity index (χ2v) is 18.6. The van der Waals surface area contributed by atoms with Crippen molar-refractivity contribution in [2.75, 3.05) is 69.5 Å². The van der Waals surface area contributed by atoms with Crippen LogP contribution < -0.4 is 21.1 Å². The average Bonchev–Trinajstić information content (AvgIpc) is 3.29. The molecule has 0 fully saturated rings. The van der Waals surface area contributed by atoms with Gasteiger partial charge >= 0.3 is 5.97 Å². The van der Waals surface area contributed by atoms with Crippen LogP contribution in [0.2, 0.25) is 0 Å². The van der Waals surface area contributed by atoms with E-state index in [1.807, 2.05) is 18.7 Å². The zero-order chi connectivity index (χ0) is 45.9. The van der Waals surface area contributed by atoms with Crippen LogP contribution in [-0.4, -0.2) is 76.2 Å². The Balaban J connectivity index is 0. The molecule has 0 aliphatic carbocycles. The maximum Gasteiger partial charge on any atom is 0.305 e. The van der Waals surface area contributed by atoms with E-state index in [1.165, 1.54) is 161 Å². The second kappa shape index (κ2) is 46.2. The van der Waals surface area contributed by atoms with Crippen LogP contribution in [-0.2, 0) is 19.0 Å². The molecule has 1 N–H and O–H groups in total. The van der Waals surface area contributed by atoms with E-state index in [2.05, 4.69) is 31.0 Å². The summed E-state index contributed by atoms with van der Waals surface area (Å²) in [6.07, 6.45) is 41.5. The normalized spacial score (nSPS) is 11.5. The maximum absolute atomic E-state index is 12.4. The number of hydrogen-bond acceptors (Lipinski definition) is 9. The molecule has 0 unspecified atom stereocenters. The predicted octanol–water partition coefficient (Wildman–Crippen LogP) is 15.0. The smallest absolute Gasteiger partial charge is 0.305 e. The molecule has 64 heavy (non-hydrogen) atoms. The van der Waals surface area contributed by atoms with Gasteiger partial charge in [0.15, 0.2) is 0 Å². The van der Waals surface area contributed by atoms with Gasteiger partial charge in [0.1, 0.15) is 18.2 Å². The number of hydrogen-bond donors (Lipinski definition) is 1. The first kappa shape index (κ1) is 62.0. The van der Waals surface area contributed by atoms with Crippen LogP contribution in [0.5, 0.6) is 0 Å². The molecule has 0 aromatic heterocycles. The summed E-state index contributed by atoms with van der Waals surface area (Å²) in [5, 5.41) is 3.31. The number of ether oxygens (including phenoxy) is 3. The lowest BCUT2D eigenvalue weighted by Crippen LogP contribution is -2.43. The Morgan fingerprint density at radius 3 is 1.48 bits per heavy atom. The van der Waals surface area contributed by atoms with Gasteiger partial charge in [0.25, 0.3) is 10.9 Å². The molecule has 0 aliphatic rings. The van der Waals surface area contributed by atoms with Crippen LogP contribution in [0.4, 0.5) is 11.4 Å². The molecule has 0 heterocycles. The van der Waals surface area contributed by atoms with Crippen molar-refractivity contribution in [3.8, 4) is 0 Å². The highest BCUT2D eigenvalue weighted by Crippen LogP contribution is 2.20. The van der Waals surface area contributed by atoms with Crippen molar-refractivity contribution in [2.45, 2.75) is 266 Å². The van der Waals surface area contributed by atoms with E-state index in [0.717, 1.165) is 90.7 Å². The Kier molecular flexibility index (Phi) is 44.7. The van der Waals surface area contributed by atoms with Gasteiger partial charge < -0.3 is 29.3 Å². The summed E-state index contributed by atoms with van der Waals surface area (Å²) in [6.45, 7) is 17.9. The highest BCUT2D eigenvalue weighted by atomic mass is 16.7. The molecule has 9 heteroatoms. The van der Waals surface area contributed by atoms with Gasteiger partial charge in [0.2, 0.25) is 0 Å². The molecule has 1 rings (SSSR count). The first-order valence-electron chi connectivity index (χ1n) is 27.3. The SMILES string of the molecule is C.CCCCCCCCCOC(=O)CCCCCCCN(CCCCCCCCOCOC(CCCCCCCC)CCCCCCCC)CCCNc1c(N(CC)CC)c(=O)c1=O.[HH]. The molecule has 0 bridgehead atoms. The number of nitrogens with zero attached hydrogens (tertiary/aromatic N) is 2. The van der Waals surface area contributed by atoms with Crippen LogP contribution in [0.15, 0.2) is 9.59 Å². The summed E-state index contributed by atoms with van der Waals surface area (Å²) < 4.78 is 17.7. The summed E-state index contributed by atoms with van der Waals surface area (Å²) in [5.41, 5.74) is 0.341. The molecule has 0 saturated carbocycles. The zero-order valence-electron chi connectivity index (χ0n) is 42.3. The molecule has 9 nitrogen and oxygen atoms in total. The van der Waals surface area contributed by atoms with Crippen molar-refractivity contribution in [1.82, 2.24) is 4.90 Å². The van der Waals surface area contributed by atoms with Crippen LogP contribution in [0, 0.1) is 0 Å². The van der Waals surface area contributed by atoms with Crippen molar-refractivity contribution >= 4 is 17.3 Å². The number of anilines is 2. The van der Waals surface area contributed by atoms with Gasteiger partial charge in [-0.3, -0.25) is 14.4 Å². The molecule has 0 amide bonds. The number of rotatable bonds is 50. The monoisotopic (exact) mass is 908 g/mol. The van der Waals surface area contributed by atoms with Gasteiger partial charge in [-0.1, -0.05) is 189 Å². The molecular formula is C55H109N3O6. The molecule has 0 atom stereocenters. The predicted molar refractivity (Wildman–Crippen MR) is 279 cm³/mol. The summed E-state index contributed by atoms with van der Waals surface area (Å²) >= 11 is 0. The van der Waals surface area contributed by atoms with Gasteiger partial charge in [-0.25, -0.2) is 0 Å². The summed E-state index contributed by atoms with van der Waals surface area (Å²) in [7, 11) is 0. The lowest BCUT2D eigenvalue weighted by atomic mass is 10.0. The Morgan fingerprint density at radius 2 is 0.969 bits per heavy atom. The van der Waals surface area contributed by atoms with Crippen LogP contribution >= 0.6 is 0 Å². The number of esters is 1. The minimum absolute atomic E-state index is 0. The van der Waals surface area contributed by atoms with Crippen LogP contribution in [0.25, 0.3) is 0 Å². The van der Waals surface area contributed by atoms with E-state index in [9.17, 15) is 14.4 Å². The molecule has 0 radical (unpaired) electrons. The lowest BCUT2D eigenvalue weighted by molar-refractivity contribution is -0.143. The third-order valence-electron chi connectivity index (χ3n) is 12.9. The minimum Gasteiger partial charge on any atom is -0.466 e. The lowest BCUT2D eigenvalue weighted by Gasteiger charge is -2.26. The van der Waals surface area contributed by atoms with Gasteiger partial charge in [-0.15, -0.1) is 0 Å². The Labute approximate surface area is 397 Å². The molecule has 380 valence electrons. The largest absolute Gasteiger partial charge is 0.466 e. The van der Waals surface area contributed by atoms with Gasteiger partial charge in [-0.2, -0.15) is 0 Å². The van der Waals surface area contributed by atoms with Gasteiger partial charge in [0.05, 0.1) is 12.7 Å². The highest BCUT2D eigenvalue weighted by Gasteiger charge is 2.24. The van der Waals surface area contributed by atoms with Crippen LogP contribution in [0.1, 0.15) is 262 Å². The van der Waals surface area contributed by atoms with E-state index in [1.54, 1.807) is 0 Å². The molecule has 0 saturated heterocycles. The van der Waals surface area contributed by atoms with Crippen molar-refractivity contribution in [2.24, 2.45) is 0 Å². The van der Waals surface area contributed by atoms with E-state index < -0.39 is 0 Å². The summed E-state index contributed by atoms with van der Waals surface area (Å²) in [5.74, 6) is -0.0342. The first-order valence-corrected chi connectivity index (χ1v) is 27.3. The topological polar surface area (TPSA) is 97.4 Å². The van der Waals surface area contributed by atoms with E-state index >= 15 is 0 Å². The second-order valence-electron chi connectivity index (χ2n) is 18.6. The fraction of sp³-hybridized carbons (Fsp3) is 0.909. The van der Waals surface area contributed by atoms with Crippen LogP contribution in [0.3, 0.4) is 0 Å². The third kappa shape index (κ3) is 33.5.